The number of hydrogen-bond acceptors (Lipinski definition) is 7. The van der Waals surface area contributed by atoms with Gasteiger partial charge in [-0.2, -0.15) is 0 Å². The van der Waals surface area contributed by atoms with Gasteiger partial charge in [-0.05, 0) is 25.3 Å². The number of epoxide rings is 1. The van der Waals surface area contributed by atoms with Gasteiger partial charge < -0.3 is 24.4 Å². The van der Waals surface area contributed by atoms with Crippen LogP contribution in [0.1, 0.15) is 19.8 Å². The van der Waals surface area contributed by atoms with Gasteiger partial charge in [-0.15, -0.1) is 0 Å². The van der Waals surface area contributed by atoms with Crippen LogP contribution in [0.4, 0.5) is 0 Å². The number of aliphatic hydroxyl groups excluding tert-OH is 2. The van der Waals surface area contributed by atoms with Gasteiger partial charge in [-0.3, -0.25) is 0 Å². The maximum atomic E-state index is 12.4. The summed E-state index contributed by atoms with van der Waals surface area (Å²) in [6, 6.07) is 0. The van der Waals surface area contributed by atoms with Crippen LogP contribution >= 0.6 is 0 Å². The number of hydrogen-bond donors (Lipinski definition) is 2. The van der Waals surface area contributed by atoms with Crippen molar-refractivity contribution in [3.05, 3.63) is 36.0 Å². The first-order valence-electron chi connectivity index (χ1n) is 9.18. The molecule has 7 nitrogen and oxygen atoms in total. The van der Waals surface area contributed by atoms with Gasteiger partial charge in [0.2, 0.25) is 0 Å². The lowest BCUT2D eigenvalue weighted by molar-refractivity contribution is -0.149. The van der Waals surface area contributed by atoms with E-state index in [4.69, 9.17) is 19.3 Å². The Balaban J connectivity index is 1.68. The summed E-state index contributed by atoms with van der Waals surface area (Å²) in [6.07, 6.45) is 0.364. The first kappa shape index (κ1) is 18.4. The molecule has 0 aromatic heterocycles. The summed E-state index contributed by atoms with van der Waals surface area (Å²) in [4.78, 5) is 24.7. The maximum absolute atomic E-state index is 12.4. The Kier molecular flexibility index (Phi) is 4.29. The lowest BCUT2D eigenvalue weighted by Crippen LogP contribution is -2.43. The Hall–Kier alpha value is -1.96. The van der Waals surface area contributed by atoms with Crippen LogP contribution in [0.3, 0.4) is 0 Å². The zero-order valence-corrected chi connectivity index (χ0v) is 15.2. The van der Waals surface area contributed by atoms with E-state index in [9.17, 15) is 14.7 Å². The summed E-state index contributed by atoms with van der Waals surface area (Å²) < 4.78 is 17.0. The number of ether oxygens (including phenoxy) is 3. The summed E-state index contributed by atoms with van der Waals surface area (Å²) in [7, 11) is 0. The first-order valence-corrected chi connectivity index (χ1v) is 9.18. The molecule has 2 heterocycles. The molecule has 0 amide bonds. The minimum atomic E-state index is -0.715. The molecule has 2 aliphatic heterocycles. The monoisotopic (exact) mass is 376 g/mol. The third-order valence-corrected chi connectivity index (χ3v) is 6.50. The van der Waals surface area contributed by atoms with E-state index in [2.05, 4.69) is 13.2 Å². The van der Waals surface area contributed by atoms with Gasteiger partial charge >= 0.3 is 11.9 Å². The van der Waals surface area contributed by atoms with E-state index in [0.717, 1.165) is 5.57 Å². The van der Waals surface area contributed by atoms with Gasteiger partial charge in [-0.1, -0.05) is 18.7 Å². The summed E-state index contributed by atoms with van der Waals surface area (Å²) in [5.41, 5.74) is 0.698. The second-order valence-corrected chi connectivity index (χ2v) is 7.92. The highest BCUT2D eigenvalue weighted by Crippen LogP contribution is 2.60. The Morgan fingerprint density at radius 2 is 2.15 bits per heavy atom. The van der Waals surface area contributed by atoms with Crippen molar-refractivity contribution in [1.29, 1.82) is 0 Å². The Bertz CT molecular complexity index is 747. The normalized spacial score (nSPS) is 43.2. The van der Waals surface area contributed by atoms with E-state index >= 15 is 0 Å². The van der Waals surface area contributed by atoms with Crippen molar-refractivity contribution < 1.29 is 34.0 Å². The maximum Gasteiger partial charge on any atom is 0.334 e. The Labute approximate surface area is 157 Å². The van der Waals surface area contributed by atoms with E-state index in [1.165, 1.54) is 6.08 Å². The van der Waals surface area contributed by atoms with Crippen LogP contribution in [-0.2, 0) is 23.8 Å². The quantitative estimate of drug-likeness (QED) is 0.323. The number of aliphatic hydroxyl groups is 2. The summed E-state index contributed by atoms with van der Waals surface area (Å²) in [5.74, 6) is -1.88. The second kappa shape index (κ2) is 6.29. The zero-order valence-electron chi connectivity index (χ0n) is 15.2. The fourth-order valence-electron chi connectivity index (χ4n) is 4.99. The van der Waals surface area contributed by atoms with Gasteiger partial charge in [0.05, 0.1) is 25.2 Å². The molecule has 2 saturated carbocycles. The first-order chi connectivity index (χ1) is 12.8. The van der Waals surface area contributed by atoms with Crippen molar-refractivity contribution in [1.82, 2.24) is 0 Å². The smallest absolute Gasteiger partial charge is 0.334 e. The minimum absolute atomic E-state index is 0.0773. The van der Waals surface area contributed by atoms with Crippen molar-refractivity contribution in [2.75, 3.05) is 13.2 Å². The molecule has 4 aliphatic rings. The van der Waals surface area contributed by atoms with Crippen molar-refractivity contribution >= 4 is 11.9 Å². The standard InChI is InChI=1S/C20H24O7/c1-9(4-5-21)18(23)26-13-6-10(2)12-7-14(22)20(8-25-20)16(12)17-15(13)11(3)19(24)27-17/h4,12-17,21-22H,2-3,5-8H2,1H3/b9-4+/t12-,13-,14-,15+,16-,17-,20+/m0/s1. The minimum Gasteiger partial charge on any atom is -0.458 e. The molecule has 2 N–H and O–H groups in total. The fraction of sp³-hybridized carbons (Fsp3) is 0.600. The van der Waals surface area contributed by atoms with Gasteiger partial charge in [0.1, 0.15) is 17.8 Å². The van der Waals surface area contributed by atoms with E-state index < -0.39 is 41.8 Å². The van der Waals surface area contributed by atoms with Gasteiger partial charge in [0.25, 0.3) is 0 Å². The molecule has 2 saturated heterocycles. The molecule has 27 heavy (non-hydrogen) atoms. The van der Waals surface area contributed by atoms with E-state index in [-0.39, 0.29) is 29.6 Å². The third kappa shape index (κ3) is 2.68. The van der Waals surface area contributed by atoms with Gasteiger partial charge in [0, 0.05) is 23.5 Å². The summed E-state index contributed by atoms with van der Waals surface area (Å²) in [5, 5.41) is 19.5. The SMILES string of the molecule is C=C1C(=O)O[C@H]2[C@H]1[C@@H](OC(=O)/C(C)=C/CO)CC(=C)[C@@H]1C[C@H](O)[C@]3(CO3)[C@H]21. The highest BCUT2D eigenvalue weighted by atomic mass is 16.6. The highest BCUT2D eigenvalue weighted by Gasteiger charge is 2.70. The summed E-state index contributed by atoms with van der Waals surface area (Å²) in [6.45, 7) is 9.76. The van der Waals surface area contributed by atoms with E-state index in [1.54, 1.807) is 6.92 Å². The van der Waals surface area contributed by atoms with Crippen molar-refractivity contribution in [3.8, 4) is 0 Å². The zero-order chi connectivity index (χ0) is 19.5. The number of carbonyl (C=O) groups excluding carboxylic acids is 2. The summed E-state index contributed by atoms with van der Waals surface area (Å²) >= 11 is 0. The molecule has 0 radical (unpaired) electrons. The Morgan fingerprint density at radius 1 is 1.44 bits per heavy atom. The average molecular weight is 376 g/mol. The van der Waals surface area contributed by atoms with Crippen LogP contribution in [0.25, 0.3) is 0 Å². The molecule has 7 atom stereocenters. The molecule has 4 fully saturated rings. The lowest BCUT2D eigenvalue weighted by Gasteiger charge is -2.30. The lowest BCUT2D eigenvalue weighted by atomic mass is 9.78. The molecule has 4 rings (SSSR count). The molecule has 0 unspecified atom stereocenters. The molecule has 2 aliphatic carbocycles. The molecule has 1 spiro atoms. The number of carbonyl (C=O) groups is 2. The highest BCUT2D eigenvalue weighted by molar-refractivity contribution is 5.92. The van der Waals surface area contributed by atoms with Gasteiger partial charge in [-0.25, -0.2) is 9.59 Å². The molecule has 0 aromatic rings. The van der Waals surface area contributed by atoms with Crippen molar-refractivity contribution in [3.63, 3.8) is 0 Å². The largest absolute Gasteiger partial charge is 0.458 e. The molecular formula is C20H24O7. The number of fused-ring (bicyclic) bond motifs is 4. The van der Waals surface area contributed by atoms with Crippen LogP contribution < -0.4 is 0 Å². The topological polar surface area (TPSA) is 106 Å². The van der Waals surface area contributed by atoms with E-state index in [1.807, 2.05) is 0 Å². The predicted octanol–water partition coefficient (Wildman–Crippen LogP) is 0.660. The Morgan fingerprint density at radius 3 is 2.78 bits per heavy atom. The molecule has 7 heteroatoms. The van der Waals surface area contributed by atoms with Gasteiger partial charge in [0.15, 0.2) is 0 Å². The van der Waals surface area contributed by atoms with Crippen LogP contribution in [0.5, 0.6) is 0 Å². The van der Waals surface area contributed by atoms with E-state index in [0.29, 0.717) is 19.4 Å². The second-order valence-electron chi connectivity index (χ2n) is 7.92. The van der Waals surface area contributed by atoms with Crippen molar-refractivity contribution in [2.24, 2.45) is 17.8 Å². The van der Waals surface area contributed by atoms with Crippen LogP contribution in [0, 0.1) is 17.8 Å². The fourth-order valence-corrected chi connectivity index (χ4v) is 4.99. The third-order valence-electron chi connectivity index (χ3n) is 6.50. The average Bonchev–Trinajstić information content (AvgIpc) is 3.30. The molecular weight excluding hydrogens is 352 g/mol. The van der Waals surface area contributed by atoms with Crippen LogP contribution in [-0.4, -0.2) is 59.3 Å². The molecule has 0 bridgehead atoms. The number of esters is 2. The van der Waals surface area contributed by atoms with Crippen LogP contribution in [0.2, 0.25) is 0 Å². The number of rotatable bonds is 3. The predicted molar refractivity (Wildman–Crippen MR) is 93.3 cm³/mol. The van der Waals surface area contributed by atoms with Crippen molar-refractivity contribution in [2.45, 2.75) is 43.7 Å². The van der Waals surface area contributed by atoms with Crippen LogP contribution in [0.15, 0.2) is 36.0 Å². The molecule has 146 valence electrons. The molecule has 0 aromatic carbocycles.